The standard InChI is InChI=1S/C31H36N4O4SSi/c1-30(2,3)41(19-12-8-6-9-13-19,20-14-10-7-11-15-20)37-18-23-24-25(39-31(4,5)38-24)26(40-23)29-34-17-22-21(27(32)36)16-33-28(22)35-29/h6-17,23-26H,18H2,1-5H3,(H2,32,36)(H,33,34,35)/t23-,24-,25-,26+/m1/s1. The topological polar surface area (TPSA) is 112 Å². The number of amides is 1. The lowest BCUT2D eigenvalue weighted by Crippen LogP contribution is -2.67. The molecule has 2 saturated heterocycles. The summed E-state index contributed by atoms with van der Waals surface area (Å²) in [5.41, 5.74) is 6.47. The summed E-state index contributed by atoms with van der Waals surface area (Å²) >= 11 is 1.74. The fraction of sp³-hybridized carbons (Fsp3) is 0.387. The number of fused-ring (bicyclic) bond motifs is 2. The van der Waals surface area contributed by atoms with Gasteiger partial charge in [-0.15, -0.1) is 11.8 Å². The molecule has 0 bridgehead atoms. The Bertz CT molecular complexity index is 1520. The Hall–Kier alpha value is -3.02. The molecule has 1 amide bonds. The number of carbonyl (C=O) groups is 1. The van der Waals surface area contributed by atoms with E-state index in [1.807, 2.05) is 13.8 Å². The summed E-state index contributed by atoms with van der Waals surface area (Å²) in [5.74, 6) is -0.623. The first kappa shape index (κ1) is 28.1. The van der Waals surface area contributed by atoms with Crippen LogP contribution in [0.2, 0.25) is 5.04 Å². The molecule has 0 radical (unpaired) electrons. The van der Waals surface area contributed by atoms with Crippen molar-refractivity contribution in [1.82, 2.24) is 15.0 Å². The first-order valence-electron chi connectivity index (χ1n) is 13.9. The Balaban J connectivity index is 1.35. The van der Waals surface area contributed by atoms with E-state index in [4.69, 9.17) is 24.6 Å². The Morgan fingerprint density at radius 1 is 1.05 bits per heavy atom. The Labute approximate surface area is 245 Å². The van der Waals surface area contributed by atoms with E-state index in [2.05, 4.69) is 91.4 Å². The van der Waals surface area contributed by atoms with Gasteiger partial charge >= 0.3 is 0 Å². The number of aromatic amines is 1. The van der Waals surface area contributed by atoms with E-state index in [1.54, 1.807) is 24.2 Å². The van der Waals surface area contributed by atoms with Gasteiger partial charge in [0.2, 0.25) is 0 Å². The number of hydrogen-bond donors (Lipinski definition) is 2. The lowest BCUT2D eigenvalue weighted by atomic mass is 10.1. The van der Waals surface area contributed by atoms with Crippen molar-refractivity contribution in [2.75, 3.05) is 6.61 Å². The van der Waals surface area contributed by atoms with Gasteiger partial charge in [0.05, 0.1) is 16.1 Å². The maximum Gasteiger partial charge on any atom is 0.261 e. The molecule has 2 aromatic carbocycles. The van der Waals surface area contributed by atoms with Crippen molar-refractivity contribution in [3.8, 4) is 0 Å². The molecule has 3 N–H and O–H groups in total. The molecule has 0 saturated carbocycles. The smallest absolute Gasteiger partial charge is 0.261 e. The monoisotopic (exact) mass is 588 g/mol. The molecule has 0 spiro atoms. The highest BCUT2D eigenvalue weighted by molar-refractivity contribution is 8.00. The Kier molecular flexibility index (Phi) is 7.10. The van der Waals surface area contributed by atoms with Crippen molar-refractivity contribution in [3.05, 3.63) is 84.4 Å². The SMILES string of the molecule is CC1(C)O[C@@H]2[C@H](O1)[C@@H](CO[Si](c1ccccc1)(c1ccccc1)C(C)(C)C)S[C@@H]2c1ncc2c(C(N)=O)c[nH]c2n1. The summed E-state index contributed by atoms with van der Waals surface area (Å²) in [6.45, 7) is 11.2. The molecule has 41 heavy (non-hydrogen) atoms. The summed E-state index contributed by atoms with van der Waals surface area (Å²) in [6.07, 6.45) is 2.80. The molecule has 2 aliphatic rings. The Morgan fingerprint density at radius 3 is 2.24 bits per heavy atom. The van der Waals surface area contributed by atoms with E-state index >= 15 is 0 Å². The highest BCUT2D eigenvalue weighted by Crippen LogP contribution is 2.53. The van der Waals surface area contributed by atoms with Crippen LogP contribution in [0, 0.1) is 0 Å². The number of nitrogens with zero attached hydrogens (tertiary/aromatic N) is 2. The van der Waals surface area contributed by atoms with E-state index < -0.39 is 20.0 Å². The van der Waals surface area contributed by atoms with E-state index in [1.165, 1.54) is 10.4 Å². The number of carbonyl (C=O) groups excluding carboxylic acids is 1. The minimum Gasteiger partial charge on any atom is -0.406 e. The second kappa shape index (κ2) is 10.4. The quantitative estimate of drug-likeness (QED) is 0.310. The lowest BCUT2D eigenvalue weighted by Gasteiger charge is -2.43. The third kappa shape index (κ3) is 4.91. The third-order valence-electron chi connectivity index (χ3n) is 8.00. The molecular formula is C31H36N4O4SSi. The molecule has 0 aliphatic carbocycles. The van der Waals surface area contributed by atoms with E-state index in [0.29, 0.717) is 29.0 Å². The number of aromatic nitrogens is 3. The van der Waals surface area contributed by atoms with Crippen molar-refractivity contribution < 1.29 is 18.7 Å². The van der Waals surface area contributed by atoms with Crippen LogP contribution in [-0.4, -0.2) is 59.0 Å². The van der Waals surface area contributed by atoms with Crippen LogP contribution in [0.1, 0.15) is 56.1 Å². The van der Waals surface area contributed by atoms with Gasteiger partial charge < -0.3 is 24.6 Å². The molecule has 2 aromatic heterocycles. The predicted molar refractivity (Wildman–Crippen MR) is 164 cm³/mol. The van der Waals surface area contributed by atoms with Gasteiger partial charge in [0.25, 0.3) is 14.2 Å². The molecule has 4 atom stereocenters. The maximum absolute atomic E-state index is 11.8. The van der Waals surface area contributed by atoms with Gasteiger partial charge in [0, 0.05) is 24.4 Å². The van der Waals surface area contributed by atoms with E-state index in [-0.39, 0.29) is 27.7 Å². The fourth-order valence-electron chi connectivity index (χ4n) is 6.25. The average molecular weight is 589 g/mol. The highest BCUT2D eigenvalue weighted by Gasteiger charge is 2.57. The molecule has 0 unspecified atom stereocenters. The molecule has 4 aromatic rings. The molecule has 4 heterocycles. The van der Waals surface area contributed by atoms with Crippen molar-refractivity contribution in [2.24, 2.45) is 5.73 Å². The second-order valence-electron chi connectivity index (χ2n) is 12.2. The predicted octanol–water partition coefficient (Wildman–Crippen LogP) is 4.31. The van der Waals surface area contributed by atoms with Gasteiger partial charge in [-0.1, -0.05) is 81.4 Å². The minimum absolute atomic E-state index is 0.00227. The van der Waals surface area contributed by atoms with E-state index in [0.717, 1.165) is 0 Å². The van der Waals surface area contributed by atoms with Crippen LogP contribution in [0.4, 0.5) is 0 Å². The van der Waals surface area contributed by atoms with Crippen molar-refractivity contribution in [2.45, 2.75) is 68.2 Å². The number of nitrogens with one attached hydrogen (secondary N) is 1. The zero-order valence-corrected chi connectivity index (χ0v) is 25.8. The molecular weight excluding hydrogens is 553 g/mol. The normalized spacial score (nSPS) is 24.0. The molecule has 6 rings (SSSR count). The molecule has 2 aliphatic heterocycles. The first-order chi connectivity index (χ1) is 19.5. The number of rotatable bonds is 7. The summed E-state index contributed by atoms with van der Waals surface area (Å²) < 4.78 is 20.2. The molecule has 214 valence electrons. The molecule has 8 nitrogen and oxygen atoms in total. The van der Waals surface area contributed by atoms with Crippen LogP contribution < -0.4 is 16.1 Å². The van der Waals surface area contributed by atoms with Crippen molar-refractivity contribution >= 4 is 47.4 Å². The third-order valence-corrected chi connectivity index (χ3v) is 14.5. The second-order valence-corrected chi connectivity index (χ2v) is 17.9. The maximum atomic E-state index is 11.8. The number of primary amides is 1. The number of hydrogen-bond acceptors (Lipinski definition) is 7. The first-order valence-corrected chi connectivity index (χ1v) is 16.8. The van der Waals surface area contributed by atoms with Gasteiger partial charge in [0.1, 0.15) is 23.7 Å². The Morgan fingerprint density at radius 2 is 1.66 bits per heavy atom. The highest BCUT2D eigenvalue weighted by atomic mass is 32.2. The number of thioether (sulfide) groups is 1. The van der Waals surface area contributed by atoms with Crippen LogP contribution >= 0.6 is 11.8 Å². The molecule has 2 fully saturated rings. The van der Waals surface area contributed by atoms with Gasteiger partial charge in [-0.25, -0.2) is 9.97 Å². The van der Waals surface area contributed by atoms with Crippen LogP contribution in [0.3, 0.4) is 0 Å². The summed E-state index contributed by atoms with van der Waals surface area (Å²) in [4.78, 5) is 24.3. The number of benzene rings is 2. The average Bonchev–Trinajstić information content (AvgIpc) is 3.60. The van der Waals surface area contributed by atoms with Gasteiger partial charge in [-0.05, 0) is 29.3 Å². The molecule has 10 heteroatoms. The summed E-state index contributed by atoms with van der Waals surface area (Å²) in [7, 11) is -2.73. The van der Waals surface area contributed by atoms with Gasteiger partial charge in [-0.2, -0.15) is 0 Å². The van der Waals surface area contributed by atoms with Crippen LogP contribution in [0.5, 0.6) is 0 Å². The van der Waals surface area contributed by atoms with Gasteiger partial charge in [0.15, 0.2) is 5.79 Å². The number of H-pyrrole nitrogens is 1. The van der Waals surface area contributed by atoms with Crippen LogP contribution in [0.25, 0.3) is 11.0 Å². The zero-order chi connectivity index (χ0) is 29.0. The largest absolute Gasteiger partial charge is 0.406 e. The summed E-state index contributed by atoms with van der Waals surface area (Å²) in [6, 6.07) is 21.3. The zero-order valence-electron chi connectivity index (χ0n) is 24.0. The number of ether oxygens (including phenoxy) is 2. The van der Waals surface area contributed by atoms with Crippen molar-refractivity contribution in [3.63, 3.8) is 0 Å². The van der Waals surface area contributed by atoms with Crippen LogP contribution in [-0.2, 0) is 13.9 Å². The van der Waals surface area contributed by atoms with E-state index in [9.17, 15) is 4.79 Å². The fourth-order valence-corrected chi connectivity index (χ4v) is 12.4. The van der Waals surface area contributed by atoms with Gasteiger partial charge in [-0.3, -0.25) is 4.79 Å². The lowest BCUT2D eigenvalue weighted by molar-refractivity contribution is -0.148. The number of nitrogens with two attached hydrogens (primary N) is 1. The minimum atomic E-state index is -2.73. The van der Waals surface area contributed by atoms with Crippen molar-refractivity contribution in [1.29, 1.82) is 0 Å². The summed E-state index contributed by atoms with van der Waals surface area (Å²) in [5, 5.41) is 2.78. The van der Waals surface area contributed by atoms with Crippen LogP contribution in [0.15, 0.2) is 73.1 Å².